The van der Waals surface area contributed by atoms with Crippen LogP contribution in [-0.2, 0) is 0 Å². The average Bonchev–Trinajstić information content (AvgIpc) is 2.76. The first-order chi connectivity index (χ1) is 8.27. The summed E-state index contributed by atoms with van der Waals surface area (Å²) in [6.45, 7) is 5.81. The van der Waals surface area contributed by atoms with Crippen LogP contribution >= 0.6 is 11.8 Å². The molecule has 1 aromatic rings. The first kappa shape index (κ1) is 13.0. The molecule has 0 aliphatic carbocycles. The van der Waals surface area contributed by atoms with Crippen LogP contribution in [0.1, 0.15) is 38.2 Å². The van der Waals surface area contributed by atoms with E-state index in [0.29, 0.717) is 5.92 Å². The van der Waals surface area contributed by atoms with Gasteiger partial charge >= 0.3 is 0 Å². The molecule has 2 heteroatoms. The van der Waals surface area contributed by atoms with Gasteiger partial charge in [-0.15, -0.1) is 0 Å². The average molecular weight is 249 g/mol. The molecule has 17 heavy (non-hydrogen) atoms. The van der Waals surface area contributed by atoms with Gasteiger partial charge in [0.1, 0.15) is 0 Å². The minimum atomic E-state index is 0.660. The second-order valence-electron chi connectivity index (χ2n) is 5.03. The third-order valence-corrected chi connectivity index (χ3v) is 5.05. The standard InChI is InChI=1S/C15H23NS/c1-12(14-6-4-3-5-7-14)8-10-16-15-9-11-17-13(15)2/h3-7,12-13,15-16H,8-11H2,1-2H3. The molecular weight excluding hydrogens is 226 g/mol. The van der Waals surface area contributed by atoms with Crippen molar-refractivity contribution in [2.75, 3.05) is 12.3 Å². The predicted molar refractivity (Wildman–Crippen MR) is 77.8 cm³/mol. The summed E-state index contributed by atoms with van der Waals surface area (Å²) in [5.41, 5.74) is 1.46. The number of nitrogens with one attached hydrogen (secondary N) is 1. The van der Waals surface area contributed by atoms with Crippen molar-refractivity contribution in [3.05, 3.63) is 35.9 Å². The zero-order valence-electron chi connectivity index (χ0n) is 10.9. The van der Waals surface area contributed by atoms with Crippen LogP contribution in [0.5, 0.6) is 0 Å². The van der Waals surface area contributed by atoms with E-state index in [1.54, 1.807) is 0 Å². The molecule has 1 aliphatic rings. The van der Waals surface area contributed by atoms with Gasteiger partial charge in [-0.3, -0.25) is 0 Å². The van der Waals surface area contributed by atoms with Gasteiger partial charge in [0.25, 0.3) is 0 Å². The van der Waals surface area contributed by atoms with E-state index in [9.17, 15) is 0 Å². The van der Waals surface area contributed by atoms with Gasteiger partial charge in [-0.05, 0) is 36.6 Å². The highest BCUT2D eigenvalue weighted by Crippen LogP contribution is 2.26. The molecule has 0 aromatic heterocycles. The molecule has 94 valence electrons. The predicted octanol–water partition coefficient (Wildman–Crippen LogP) is 3.66. The van der Waals surface area contributed by atoms with Gasteiger partial charge in [0.2, 0.25) is 0 Å². The zero-order chi connectivity index (χ0) is 12.1. The van der Waals surface area contributed by atoms with Gasteiger partial charge in [-0.2, -0.15) is 11.8 Å². The third-order valence-electron chi connectivity index (χ3n) is 3.73. The molecule has 0 bridgehead atoms. The molecule has 1 saturated heterocycles. The number of benzene rings is 1. The van der Waals surface area contributed by atoms with E-state index in [-0.39, 0.29) is 0 Å². The molecule has 3 atom stereocenters. The fraction of sp³-hybridized carbons (Fsp3) is 0.600. The van der Waals surface area contributed by atoms with Gasteiger partial charge < -0.3 is 5.32 Å². The van der Waals surface area contributed by atoms with Crippen LogP contribution < -0.4 is 5.32 Å². The summed E-state index contributed by atoms with van der Waals surface area (Å²) in [5.74, 6) is 1.99. The van der Waals surface area contributed by atoms with E-state index in [2.05, 4.69) is 61.3 Å². The smallest absolute Gasteiger partial charge is 0.0191 e. The lowest BCUT2D eigenvalue weighted by atomic mass is 9.98. The summed E-state index contributed by atoms with van der Waals surface area (Å²) in [7, 11) is 0. The molecule has 1 fully saturated rings. The largest absolute Gasteiger partial charge is 0.313 e. The molecule has 3 unspecified atom stereocenters. The monoisotopic (exact) mass is 249 g/mol. The lowest BCUT2D eigenvalue weighted by molar-refractivity contribution is 0.489. The molecule has 0 saturated carbocycles. The van der Waals surface area contributed by atoms with E-state index in [0.717, 1.165) is 17.8 Å². The quantitative estimate of drug-likeness (QED) is 0.854. The van der Waals surface area contributed by atoms with E-state index >= 15 is 0 Å². The minimum Gasteiger partial charge on any atom is -0.313 e. The number of thioether (sulfide) groups is 1. The lowest BCUT2D eigenvalue weighted by Crippen LogP contribution is -2.34. The summed E-state index contributed by atoms with van der Waals surface area (Å²) >= 11 is 2.10. The first-order valence-electron chi connectivity index (χ1n) is 6.67. The lowest BCUT2D eigenvalue weighted by Gasteiger charge is -2.18. The van der Waals surface area contributed by atoms with Gasteiger partial charge in [-0.25, -0.2) is 0 Å². The van der Waals surface area contributed by atoms with Gasteiger partial charge in [-0.1, -0.05) is 44.2 Å². The SMILES string of the molecule is CC(CCNC1CCSC1C)c1ccccc1. The van der Waals surface area contributed by atoms with Crippen molar-refractivity contribution in [3.8, 4) is 0 Å². The maximum atomic E-state index is 3.71. The Bertz CT molecular complexity index is 325. The Morgan fingerprint density at radius 3 is 2.76 bits per heavy atom. The van der Waals surface area contributed by atoms with E-state index < -0.39 is 0 Å². The van der Waals surface area contributed by atoms with Crippen LogP contribution in [0, 0.1) is 0 Å². The fourth-order valence-electron chi connectivity index (χ4n) is 2.43. The Kier molecular flexibility index (Phi) is 4.93. The Labute approximate surface area is 109 Å². The highest BCUT2D eigenvalue weighted by molar-refractivity contribution is 8.00. The van der Waals surface area contributed by atoms with Crippen molar-refractivity contribution in [2.45, 2.75) is 43.9 Å². The number of hydrogen-bond donors (Lipinski definition) is 1. The summed E-state index contributed by atoms with van der Waals surface area (Å²) in [6, 6.07) is 11.6. The van der Waals surface area contributed by atoms with Crippen molar-refractivity contribution in [1.29, 1.82) is 0 Å². The van der Waals surface area contributed by atoms with E-state index in [1.165, 1.54) is 24.2 Å². The second-order valence-corrected chi connectivity index (χ2v) is 6.51. The number of hydrogen-bond acceptors (Lipinski definition) is 2. The van der Waals surface area contributed by atoms with Gasteiger partial charge in [0.05, 0.1) is 0 Å². The van der Waals surface area contributed by atoms with Crippen LogP contribution in [0.3, 0.4) is 0 Å². The fourth-order valence-corrected chi connectivity index (χ4v) is 3.66. The molecule has 1 N–H and O–H groups in total. The molecular formula is C15H23NS. The summed E-state index contributed by atoms with van der Waals surface area (Å²) < 4.78 is 0. The molecule has 0 radical (unpaired) electrons. The van der Waals surface area contributed by atoms with Gasteiger partial charge in [0.15, 0.2) is 0 Å². The third kappa shape index (κ3) is 3.75. The van der Waals surface area contributed by atoms with Gasteiger partial charge in [0, 0.05) is 11.3 Å². The maximum Gasteiger partial charge on any atom is 0.0191 e. The summed E-state index contributed by atoms with van der Waals surface area (Å²) in [5, 5.41) is 4.50. The molecule has 1 nitrogen and oxygen atoms in total. The summed E-state index contributed by atoms with van der Waals surface area (Å²) in [6.07, 6.45) is 2.57. The molecule has 0 spiro atoms. The molecule has 1 aliphatic heterocycles. The van der Waals surface area contributed by atoms with E-state index in [1.807, 2.05) is 0 Å². The first-order valence-corrected chi connectivity index (χ1v) is 7.72. The van der Waals surface area contributed by atoms with Crippen LogP contribution in [0.2, 0.25) is 0 Å². The number of rotatable bonds is 5. The molecule has 0 amide bonds. The Balaban J connectivity index is 1.71. The normalized spacial score (nSPS) is 26.0. The molecule has 1 aromatic carbocycles. The Hall–Kier alpha value is -0.470. The van der Waals surface area contributed by atoms with Crippen molar-refractivity contribution < 1.29 is 0 Å². The zero-order valence-corrected chi connectivity index (χ0v) is 11.7. The molecule has 2 rings (SSSR count). The van der Waals surface area contributed by atoms with Crippen LogP contribution in [0.4, 0.5) is 0 Å². The van der Waals surface area contributed by atoms with Crippen LogP contribution in [0.25, 0.3) is 0 Å². The van der Waals surface area contributed by atoms with Crippen LogP contribution in [-0.4, -0.2) is 23.6 Å². The topological polar surface area (TPSA) is 12.0 Å². The van der Waals surface area contributed by atoms with Crippen molar-refractivity contribution in [3.63, 3.8) is 0 Å². The maximum absolute atomic E-state index is 3.71. The van der Waals surface area contributed by atoms with E-state index in [4.69, 9.17) is 0 Å². The highest BCUT2D eigenvalue weighted by atomic mass is 32.2. The minimum absolute atomic E-state index is 0.660. The Morgan fingerprint density at radius 2 is 2.12 bits per heavy atom. The Morgan fingerprint density at radius 1 is 1.35 bits per heavy atom. The molecule has 1 heterocycles. The highest BCUT2D eigenvalue weighted by Gasteiger charge is 2.22. The van der Waals surface area contributed by atoms with Crippen molar-refractivity contribution >= 4 is 11.8 Å². The second kappa shape index (κ2) is 6.46. The summed E-state index contributed by atoms with van der Waals surface area (Å²) in [4.78, 5) is 0. The van der Waals surface area contributed by atoms with Crippen LogP contribution in [0.15, 0.2) is 30.3 Å². The van der Waals surface area contributed by atoms with Crippen molar-refractivity contribution in [1.82, 2.24) is 5.32 Å². The van der Waals surface area contributed by atoms with Crippen molar-refractivity contribution in [2.24, 2.45) is 0 Å².